The van der Waals surface area contributed by atoms with E-state index < -0.39 is 11.7 Å². The molecule has 0 aliphatic carbocycles. The largest absolute Gasteiger partial charge is 0.360 e. The fraction of sp³-hybridized carbons (Fsp3) is 0.158. The molecule has 3 aromatic rings. The third-order valence-electron chi connectivity index (χ3n) is 4.00. The van der Waals surface area contributed by atoms with E-state index in [0.29, 0.717) is 0 Å². The third-order valence-corrected chi connectivity index (χ3v) is 4.31. The van der Waals surface area contributed by atoms with Gasteiger partial charge in [-0.15, -0.1) is 0 Å². The molecule has 0 aliphatic rings. The second kappa shape index (κ2) is 7.58. The van der Waals surface area contributed by atoms with Gasteiger partial charge in [-0.25, -0.2) is 4.39 Å². The van der Waals surface area contributed by atoms with Gasteiger partial charge in [-0.05, 0) is 37.1 Å². The molecule has 0 unspecified atom stereocenters. The van der Waals surface area contributed by atoms with Crippen LogP contribution in [-0.4, -0.2) is 11.1 Å². The van der Waals surface area contributed by atoms with E-state index in [2.05, 4.69) is 16.0 Å². The molecule has 0 spiro atoms. The molecule has 0 atom stereocenters. The van der Waals surface area contributed by atoms with Crippen LogP contribution in [0, 0.1) is 12.7 Å². The third kappa shape index (κ3) is 3.41. The molecule has 1 amide bonds. The number of benzene rings is 2. The molecule has 2 N–H and O–H groups in total. The zero-order chi connectivity index (χ0) is 18.7. The number of rotatable bonds is 5. The Morgan fingerprint density at radius 1 is 1.23 bits per heavy atom. The van der Waals surface area contributed by atoms with Gasteiger partial charge in [-0.3, -0.25) is 15.6 Å². The number of carbonyl (C=O) groups excluding carboxylic acids is 1. The van der Waals surface area contributed by atoms with Crippen molar-refractivity contribution in [3.05, 3.63) is 70.2 Å². The monoisotopic (exact) mass is 373 g/mol. The molecule has 5 nitrogen and oxygen atoms in total. The van der Waals surface area contributed by atoms with Gasteiger partial charge >= 0.3 is 0 Å². The second-order valence-corrected chi connectivity index (χ2v) is 6.06. The van der Waals surface area contributed by atoms with Gasteiger partial charge in [0.15, 0.2) is 0 Å². The lowest BCUT2D eigenvalue weighted by Crippen LogP contribution is -2.30. The number of carbonyl (C=O) groups is 1. The molecule has 1 aromatic heterocycles. The summed E-state index contributed by atoms with van der Waals surface area (Å²) in [6.07, 6.45) is 0.807. The van der Waals surface area contributed by atoms with Crippen molar-refractivity contribution in [2.75, 3.05) is 5.43 Å². The van der Waals surface area contributed by atoms with Crippen molar-refractivity contribution in [3.8, 4) is 11.3 Å². The lowest BCUT2D eigenvalue weighted by atomic mass is 10.1. The molecular weight excluding hydrogens is 357 g/mol. The standard InChI is InChI=1S/C19H17ClFN3O2/c1-3-12-7-4-5-10-15(12)22-23-19(25)16-11(2)26-24-18(16)17-13(20)8-6-9-14(17)21/h4-10,22H,3H2,1-2H3,(H,23,25). The van der Waals surface area contributed by atoms with Crippen LogP contribution in [0.1, 0.15) is 28.6 Å². The van der Waals surface area contributed by atoms with Gasteiger partial charge in [0.25, 0.3) is 5.91 Å². The second-order valence-electron chi connectivity index (χ2n) is 5.65. The molecule has 0 fully saturated rings. The maximum Gasteiger partial charge on any atom is 0.275 e. The predicted octanol–water partition coefficient (Wildman–Crippen LogP) is 4.76. The number of hydrogen-bond donors (Lipinski definition) is 2. The molecule has 0 aliphatic heterocycles. The highest BCUT2D eigenvalue weighted by molar-refractivity contribution is 6.33. The number of aromatic nitrogens is 1. The zero-order valence-corrected chi connectivity index (χ0v) is 15.0. The quantitative estimate of drug-likeness (QED) is 0.632. The zero-order valence-electron chi connectivity index (χ0n) is 14.3. The maximum atomic E-state index is 14.2. The Bertz CT molecular complexity index is 935. The van der Waals surface area contributed by atoms with Gasteiger partial charge in [-0.2, -0.15) is 0 Å². The van der Waals surface area contributed by atoms with E-state index >= 15 is 0 Å². The normalized spacial score (nSPS) is 10.6. The van der Waals surface area contributed by atoms with E-state index in [4.69, 9.17) is 16.1 Å². The number of para-hydroxylation sites is 1. The minimum absolute atomic E-state index is 0.0325. The van der Waals surface area contributed by atoms with Gasteiger partial charge in [-0.1, -0.05) is 47.9 Å². The summed E-state index contributed by atoms with van der Waals surface area (Å²) in [5.74, 6) is -0.810. The Morgan fingerprint density at radius 3 is 2.73 bits per heavy atom. The van der Waals surface area contributed by atoms with Crippen molar-refractivity contribution in [2.24, 2.45) is 0 Å². The Morgan fingerprint density at radius 2 is 2.00 bits per heavy atom. The van der Waals surface area contributed by atoms with E-state index in [-0.39, 0.29) is 27.6 Å². The highest BCUT2D eigenvalue weighted by Gasteiger charge is 2.25. The molecule has 0 bridgehead atoms. The van der Waals surface area contributed by atoms with Crippen molar-refractivity contribution in [2.45, 2.75) is 20.3 Å². The molecule has 0 radical (unpaired) electrons. The highest BCUT2D eigenvalue weighted by atomic mass is 35.5. The number of nitrogens with one attached hydrogen (secondary N) is 2. The Kier molecular flexibility index (Phi) is 5.23. The Hall–Kier alpha value is -2.86. The van der Waals surface area contributed by atoms with E-state index in [1.165, 1.54) is 18.2 Å². The molecule has 1 heterocycles. The number of aryl methyl sites for hydroxylation is 2. The number of hydrogen-bond acceptors (Lipinski definition) is 4. The van der Waals surface area contributed by atoms with E-state index in [1.54, 1.807) is 6.92 Å². The van der Waals surface area contributed by atoms with Crippen LogP contribution in [0.5, 0.6) is 0 Å². The summed E-state index contributed by atoms with van der Waals surface area (Å²) in [7, 11) is 0. The molecule has 3 rings (SSSR count). The van der Waals surface area contributed by atoms with Crippen molar-refractivity contribution < 1.29 is 13.7 Å². The van der Waals surface area contributed by atoms with Crippen LogP contribution in [0.15, 0.2) is 47.0 Å². The summed E-state index contributed by atoms with van der Waals surface area (Å²) in [5, 5.41) is 3.98. The summed E-state index contributed by atoms with van der Waals surface area (Å²) < 4.78 is 19.3. The van der Waals surface area contributed by atoms with Gasteiger partial charge < -0.3 is 4.52 Å². The molecule has 0 saturated carbocycles. The fourth-order valence-electron chi connectivity index (χ4n) is 2.67. The van der Waals surface area contributed by atoms with Crippen LogP contribution in [0.2, 0.25) is 5.02 Å². The lowest BCUT2D eigenvalue weighted by Gasteiger charge is -2.12. The lowest BCUT2D eigenvalue weighted by molar-refractivity contribution is 0.0961. The van der Waals surface area contributed by atoms with Gasteiger partial charge in [0.05, 0.1) is 16.3 Å². The Labute approximate surface area is 155 Å². The summed E-state index contributed by atoms with van der Waals surface area (Å²) >= 11 is 6.09. The van der Waals surface area contributed by atoms with Crippen LogP contribution in [0.3, 0.4) is 0 Å². The van der Waals surface area contributed by atoms with Crippen molar-refractivity contribution >= 4 is 23.2 Å². The average Bonchev–Trinajstić information content (AvgIpc) is 3.01. The first-order valence-corrected chi connectivity index (χ1v) is 8.45. The molecule has 134 valence electrons. The average molecular weight is 374 g/mol. The van der Waals surface area contributed by atoms with Crippen LogP contribution < -0.4 is 10.9 Å². The van der Waals surface area contributed by atoms with Gasteiger partial charge in [0.2, 0.25) is 0 Å². The first kappa shape index (κ1) is 17.9. The van der Waals surface area contributed by atoms with Crippen LogP contribution in [0.25, 0.3) is 11.3 Å². The van der Waals surface area contributed by atoms with Crippen LogP contribution in [-0.2, 0) is 6.42 Å². The van der Waals surface area contributed by atoms with Crippen molar-refractivity contribution in [3.63, 3.8) is 0 Å². The number of amides is 1. The summed E-state index contributed by atoms with van der Waals surface area (Å²) in [5.41, 5.74) is 7.55. The first-order chi connectivity index (χ1) is 12.5. The van der Waals surface area contributed by atoms with E-state index in [1.807, 2.05) is 31.2 Å². The van der Waals surface area contributed by atoms with Crippen molar-refractivity contribution in [1.29, 1.82) is 0 Å². The van der Waals surface area contributed by atoms with Gasteiger partial charge in [0.1, 0.15) is 22.8 Å². The fourth-order valence-corrected chi connectivity index (χ4v) is 2.92. The molecule has 7 heteroatoms. The minimum atomic E-state index is -0.580. The predicted molar refractivity (Wildman–Crippen MR) is 98.6 cm³/mol. The van der Waals surface area contributed by atoms with E-state index in [0.717, 1.165) is 17.7 Å². The summed E-state index contributed by atoms with van der Waals surface area (Å²) in [4.78, 5) is 12.7. The Balaban J connectivity index is 1.90. The highest BCUT2D eigenvalue weighted by Crippen LogP contribution is 2.33. The molecule has 0 saturated heterocycles. The molecule has 26 heavy (non-hydrogen) atoms. The number of hydrazine groups is 1. The van der Waals surface area contributed by atoms with Crippen LogP contribution >= 0.6 is 11.6 Å². The first-order valence-electron chi connectivity index (χ1n) is 8.07. The number of nitrogens with zero attached hydrogens (tertiary/aromatic N) is 1. The van der Waals surface area contributed by atoms with E-state index in [9.17, 15) is 9.18 Å². The molecule has 2 aromatic carbocycles. The minimum Gasteiger partial charge on any atom is -0.360 e. The summed E-state index contributed by atoms with van der Waals surface area (Å²) in [6.45, 7) is 3.60. The summed E-state index contributed by atoms with van der Waals surface area (Å²) in [6, 6.07) is 11.9. The smallest absolute Gasteiger partial charge is 0.275 e. The van der Waals surface area contributed by atoms with Crippen LogP contribution in [0.4, 0.5) is 10.1 Å². The number of anilines is 1. The van der Waals surface area contributed by atoms with Crippen molar-refractivity contribution in [1.82, 2.24) is 10.6 Å². The maximum absolute atomic E-state index is 14.2. The molecular formula is C19H17ClFN3O2. The van der Waals surface area contributed by atoms with Gasteiger partial charge in [0, 0.05) is 0 Å². The number of halogens is 2. The SMILES string of the molecule is CCc1ccccc1NNC(=O)c1c(-c2c(F)cccc2Cl)noc1C. The topological polar surface area (TPSA) is 67.2 Å².